The standard InChI is InChI=1S/C14H22N2O17P2/c17-3-4-6(19)9(22)13(29-4)32-35(27,28)33-34(25,26)31-12(23)10-7(20)8(21)11(30-10)16-2-1-5(18)15-14(16)24/h1-2,4,6-13,17,19-23H,3H2,(H,25,26)(H,27,28)(H,15,18,24)/t4-,6-,7-,8+,9+,10-,11+,12?,13-/m0/s1. The SMILES string of the molecule is O=c1ccn([C@@H]2O[C@H](C(O)OP(=O)(O)OP(=O)(O)O[C@@H]3O[C@@H](CO)[C@H](O)[C@H]3O)[C@@H](O)[C@H]2O)c(=O)[nH]1. The highest BCUT2D eigenvalue weighted by Gasteiger charge is 2.51. The molecule has 0 radical (unpaired) electrons. The molecule has 2 fully saturated rings. The number of phosphoric ester groups is 2. The van der Waals surface area contributed by atoms with E-state index in [1.807, 2.05) is 4.98 Å². The highest BCUT2D eigenvalue weighted by Crippen LogP contribution is 2.62. The van der Waals surface area contributed by atoms with E-state index >= 15 is 0 Å². The number of nitrogens with one attached hydrogen (secondary N) is 1. The molecule has 9 N–H and O–H groups in total. The van der Waals surface area contributed by atoms with Crippen LogP contribution in [0.2, 0.25) is 0 Å². The Bertz CT molecular complexity index is 1110. The first-order valence-corrected chi connectivity index (χ1v) is 12.5. The topological polar surface area (TPSA) is 297 Å². The molecule has 2 aliphatic rings. The van der Waals surface area contributed by atoms with Gasteiger partial charge in [0.2, 0.25) is 0 Å². The molecule has 3 unspecified atom stereocenters. The molecule has 200 valence electrons. The highest BCUT2D eigenvalue weighted by molar-refractivity contribution is 7.61. The molecule has 3 rings (SSSR count). The Labute approximate surface area is 193 Å². The van der Waals surface area contributed by atoms with E-state index < -0.39 is 88.9 Å². The third kappa shape index (κ3) is 6.31. The maximum atomic E-state index is 12.1. The van der Waals surface area contributed by atoms with Crippen molar-refractivity contribution in [3.63, 3.8) is 0 Å². The van der Waals surface area contributed by atoms with Gasteiger partial charge in [-0.3, -0.25) is 23.4 Å². The third-order valence-electron chi connectivity index (χ3n) is 4.86. The number of rotatable bonds is 9. The van der Waals surface area contributed by atoms with Crippen LogP contribution in [0.5, 0.6) is 0 Å². The van der Waals surface area contributed by atoms with Gasteiger partial charge in [-0.2, -0.15) is 4.31 Å². The van der Waals surface area contributed by atoms with Gasteiger partial charge in [-0.1, -0.05) is 0 Å². The van der Waals surface area contributed by atoms with Gasteiger partial charge in [0.1, 0.15) is 36.6 Å². The molecule has 19 nitrogen and oxygen atoms in total. The number of nitrogens with zero attached hydrogens (tertiary/aromatic N) is 1. The number of aliphatic hydroxyl groups is 6. The van der Waals surface area contributed by atoms with Crippen molar-refractivity contribution in [2.45, 2.75) is 55.4 Å². The highest BCUT2D eigenvalue weighted by atomic mass is 31.3. The largest absolute Gasteiger partial charge is 0.483 e. The normalized spacial score (nSPS) is 37.6. The summed E-state index contributed by atoms with van der Waals surface area (Å²) in [6.07, 6.45) is -16.6. The van der Waals surface area contributed by atoms with E-state index in [0.29, 0.717) is 4.57 Å². The summed E-state index contributed by atoms with van der Waals surface area (Å²) in [5.74, 6) is 0. The lowest BCUT2D eigenvalue weighted by atomic mass is 10.1. The molecule has 0 bridgehead atoms. The van der Waals surface area contributed by atoms with E-state index in [1.54, 1.807) is 0 Å². The minimum absolute atomic E-state index is 0.633. The smallest absolute Gasteiger partial charge is 0.394 e. The van der Waals surface area contributed by atoms with E-state index in [0.717, 1.165) is 12.3 Å². The first-order chi connectivity index (χ1) is 16.2. The fourth-order valence-electron chi connectivity index (χ4n) is 3.23. The van der Waals surface area contributed by atoms with Crippen LogP contribution in [0, 0.1) is 0 Å². The van der Waals surface area contributed by atoms with Crippen molar-refractivity contribution in [2.24, 2.45) is 0 Å². The van der Waals surface area contributed by atoms with Crippen molar-refractivity contribution in [1.82, 2.24) is 9.55 Å². The van der Waals surface area contributed by atoms with Crippen molar-refractivity contribution >= 4 is 15.6 Å². The van der Waals surface area contributed by atoms with Crippen LogP contribution in [-0.4, -0.2) is 106 Å². The molecular weight excluding hydrogens is 530 g/mol. The molecule has 2 saturated heterocycles. The van der Waals surface area contributed by atoms with Gasteiger partial charge in [0.15, 0.2) is 18.8 Å². The first-order valence-electron chi connectivity index (χ1n) is 9.53. The first kappa shape index (κ1) is 28.2. The number of aromatic nitrogens is 2. The number of ether oxygens (including phenoxy) is 2. The van der Waals surface area contributed by atoms with Crippen molar-refractivity contribution in [2.75, 3.05) is 6.61 Å². The molecule has 1 aromatic rings. The average Bonchev–Trinajstić information content (AvgIpc) is 3.17. The van der Waals surface area contributed by atoms with Crippen LogP contribution in [0.4, 0.5) is 0 Å². The predicted octanol–water partition coefficient (Wildman–Crippen LogP) is -4.84. The van der Waals surface area contributed by atoms with E-state index in [4.69, 9.17) is 14.6 Å². The second-order valence-electron chi connectivity index (χ2n) is 7.32. The molecule has 11 atom stereocenters. The summed E-state index contributed by atoms with van der Waals surface area (Å²) in [6.45, 7) is -0.815. The second-order valence-corrected chi connectivity index (χ2v) is 10.3. The van der Waals surface area contributed by atoms with Crippen molar-refractivity contribution in [3.05, 3.63) is 33.1 Å². The van der Waals surface area contributed by atoms with Gasteiger partial charge in [0, 0.05) is 12.3 Å². The minimum Gasteiger partial charge on any atom is -0.394 e. The number of hydrogen-bond donors (Lipinski definition) is 9. The van der Waals surface area contributed by atoms with Crippen LogP contribution < -0.4 is 11.2 Å². The summed E-state index contributed by atoms with van der Waals surface area (Å²) in [4.78, 5) is 44.3. The quantitative estimate of drug-likeness (QED) is 0.102. The van der Waals surface area contributed by atoms with Crippen molar-refractivity contribution in [3.8, 4) is 0 Å². The lowest BCUT2D eigenvalue weighted by molar-refractivity contribution is -0.162. The number of H-pyrrole nitrogens is 1. The van der Waals surface area contributed by atoms with Crippen LogP contribution in [0.25, 0.3) is 0 Å². The van der Waals surface area contributed by atoms with Crippen molar-refractivity contribution in [1.29, 1.82) is 0 Å². The summed E-state index contributed by atoms with van der Waals surface area (Å²) >= 11 is 0. The molecule has 0 amide bonds. The fraction of sp³-hybridized carbons (Fsp3) is 0.714. The summed E-state index contributed by atoms with van der Waals surface area (Å²) in [7, 11) is -11.3. The molecule has 35 heavy (non-hydrogen) atoms. The lowest BCUT2D eigenvalue weighted by Gasteiger charge is -2.24. The Morgan fingerprint density at radius 3 is 2.26 bits per heavy atom. The lowest BCUT2D eigenvalue weighted by Crippen LogP contribution is -2.40. The number of aromatic amines is 1. The molecule has 0 spiro atoms. The van der Waals surface area contributed by atoms with E-state index in [2.05, 4.69) is 13.4 Å². The zero-order valence-corrected chi connectivity index (χ0v) is 18.9. The molecule has 1 aromatic heterocycles. The van der Waals surface area contributed by atoms with Gasteiger partial charge in [-0.25, -0.2) is 13.9 Å². The second kappa shape index (κ2) is 10.5. The number of phosphoric acid groups is 2. The Balaban J connectivity index is 1.65. The van der Waals surface area contributed by atoms with Crippen LogP contribution in [0.1, 0.15) is 6.23 Å². The van der Waals surface area contributed by atoms with E-state index in [1.165, 1.54) is 0 Å². The maximum absolute atomic E-state index is 12.1. The Morgan fingerprint density at radius 2 is 1.69 bits per heavy atom. The number of hydrogen-bond acceptors (Lipinski definition) is 15. The van der Waals surface area contributed by atoms with Crippen LogP contribution >= 0.6 is 15.6 Å². The third-order valence-corrected chi connectivity index (χ3v) is 7.47. The summed E-state index contributed by atoms with van der Waals surface area (Å²) < 4.78 is 47.3. The maximum Gasteiger partial charge on any atom is 0.483 e. The van der Waals surface area contributed by atoms with Gasteiger partial charge in [0.25, 0.3) is 5.56 Å². The summed E-state index contributed by atoms with van der Waals surface area (Å²) in [6, 6.07) is 0.880. The Hall–Kier alpha value is -1.38. The molecule has 0 saturated carbocycles. The molecular formula is C14H22N2O17P2. The Morgan fingerprint density at radius 1 is 1.03 bits per heavy atom. The van der Waals surface area contributed by atoms with Crippen LogP contribution in [0.3, 0.4) is 0 Å². The molecule has 21 heteroatoms. The molecule has 0 aliphatic carbocycles. The Kier molecular flexibility index (Phi) is 8.49. The molecule has 2 aliphatic heterocycles. The van der Waals surface area contributed by atoms with Gasteiger partial charge in [-0.05, 0) is 0 Å². The van der Waals surface area contributed by atoms with E-state index in [9.17, 15) is 54.0 Å². The van der Waals surface area contributed by atoms with Gasteiger partial charge >= 0.3 is 21.3 Å². The molecule has 3 heterocycles. The van der Waals surface area contributed by atoms with Gasteiger partial charge in [-0.15, -0.1) is 0 Å². The van der Waals surface area contributed by atoms with Crippen LogP contribution in [-0.2, 0) is 32.0 Å². The monoisotopic (exact) mass is 552 g/mol. The predicted molar refractivity (Wildman–Crippen MR) is 104 cm³/mol. The zero-order chi connectivity index (χ0) is 26.3. The number of aliphatic hydroxyl groups excluding tert-OH is 6. The minimum atomic E-state index is -5.72. The van der Waals surface area contributed by atoms with E-state index in [-0.39, 0.29) is 0 Å². The fourth-order valence-corrected chi connectivity index (χ4v) is 5.41. The zero-order valence-electron chi connectivity index (χ0n) is 17.2. The van der Waals surface area contributed by atoms with Crippen molar-refractivity contribution < 1.29 is 72.4 Å². The van der Waals surface area contributed by atoms with Crippen LogP contribution in [0.15, 0.2) is 21.9 Å². The van der Waals surface area contributed by atoms with Gasteiger partial charge < -0.3 is 49.9 Å². The summed E-state index contributed by atoms with van der Waals surface area (Å²) in [5, 5.41) is 58.6. The summed E-state index contributed by atoms with van der Waals surface area (Å²) in [5.41, 5.74) is -1.85. The molecule has 0 aromatic carbocycles. The average molecular weight is 552 g/mol. The van der Waals surface area contributed by atoms with Gasteiger partial charge in [0.05, 0.1) is 6.61 Å².